The summed E-state index contributed by atoms with van der Waals surface area (Å²) in [5.41, 5.74) is -0.498. The van der Waals surface area contributed by atoms with Crippen LogP contribution in [-0.4, -0.2) is 87.1 Å². The van der Waals surface area contributed by atoms with Crippen molar-refractivity contribution in [1.82, 2.24) is 24.7 Å². The molecule has 2 aromatic carbocycles. The van der Waals surface area contributed by atoms with E-state index in [0.717, 1.165) is 49.9 Å². The Kier molecular flexibility index (Phi) is 10.5. The average molecular weight is 722 g/mol. The molecule has 0 radical (unpaired) electrons. The summed E-state index contributed by atoms with van der Waals surface area (Å²) in [4.78, 5) is 36.8. The van der Waals surface area contributed by atoms with Gasteiger partial charge >= 0.3 is 6.03 Å². The van der Waals surface area contributed by atoms with Crippen LogP contribution in [0.3, 0.4) is 0 Å². The SMILES string of the molecule is CCOc1nc(C(C)(C)C)ncc1C1=NC(C)(c2ccccc2Cl)C(C)(c2ccccc2Cl)N1C(=O)N1CCC(N2CCCC(CO)C2)CC1. The van der Waals surface area contributed by atoms with Crippen molar-refractivity contribution in [3.05, 3.63) is 87.3 Å². The van der Waals surface area contributed by atoms with Gasteiger partial charge in [-0.15, -0.1) is 0 Å². The Balaban J connectivity index is 1.49. The molecule has 268 valence electrons. The monoisotopic (exact) mass is 720 g/mol. The summed E-state index contributed by atoms with van der Waals surface area (Å²) in [6, 6.07) is 15.5. The molecule has 50 heavy (non-hydrogen) atoms. The first-order valence-electron chi connectivity index (χ1n) is 17.9. The van der Waals surface area contributed by atoms with Gasteiger partial charge in [-0.05, 0) is 76.6 Å². The molecule has 9 nitrogen and oxygen atoms in total. The van der Waals surface area contributed by atoms with Gasteiger partial charge in [0.2, 0.25) is 5.88 Å². The number of amides is 2. The second-order valence-corrected chi connectivity index (χ2v) is 16.0. The highest BCUT2D eigenvalue weighted by Crippen LogP contribution is 2.56. The van der Waals surface area contributed by atoms with Crippen LogP contribution in [0.25, 0.3) is 0 Å². The van der Waals surface area contributed by atoms with Crippen molar-refractivity contribution in [2.24, 2.45) is 10.9 Å². The highest BCUT2D eigenvalue weighted by Gasteiger charge is 2.61. The van der Waals surface area contributed by atoms with Gasteiger partial charge in [-0.3, -0.25) is 14.8 Å². The molecule has 3 unspecified atom stereocenters. The van der Waals surface area contributed by atoms with Crippen LogP contribution in [0.5, 0.6) is 5.88 Å². The Bertz CT molecular complexity index is 1740. The quantitative estimate of drug-likeness (QED) is 0.269. The second-order valence-electron chi connectivity index (χ2n) is 15.2. The van der Waals surface area contributed by atoms with Gasteiger partial charge in [0.05, 0.1) is 12.2 Å². The lowest BCUT2D eigenvalue weighted by Crippen LogP contribution is -2.60. The Morgan fingerprint density at radius 2 is 1.62 bits per heavy atom. The Morgan fingerprint density at radius 1 is 0.980 bits per heavy atom. The molecular formula is C39H50Cl2N6O3. The topological polar surface area (TPSA) is 94.4 Å². The number of urea groups is 1. The van der Waals surface area contributed by atoms with Gasteiger partial charge in [-0.2, -0.15) is 4.98 Å². The highest BCUT2D eigenvalue weighted by atomic mass is 35.5. The van der Waals surface area contributed by atoms with E-state index in [2.05, 4.69) is 25.7 Å². The molecule has 0 saturated carbocycles. The first kappa shape index (κ1) is 36.5. The summed E-state index contributed by atoms with van der Waals surface area (Å²) >= 11 is 14.1. The zero-order valence-electron chi connectivity index (χ0n) is 30.1. The molecule has 2 amide bonds. The number of aliphatic hydroxyl groups is 1. The maximum atomic E-state index is 15.3. The number of nitrogens with zero attached hydrogens (tertiary/aromatic N) is 6. The van der Waals surface area contributed by atoms with E-state index in [-0.39, 0.29) is 18.1 Å². The van der Waals surface area contributed by atoms with E-state index in [1.165, 1.54) is 0 Å². The van der Waals surface area contributed by atoms with Crippen LogP contribution in [-0.2, 0) is 16.5 Å². The van der Waals surface area contributed by atoms with Crippen LogP contribution < -0.4 is 4.74 Å². The lowest BCUT2D eigenvalue weighted by molar-refractivity contribution is 0.0516. The first-order chi connectivity index (χ1) is 23.8. The molecule has 3 aliphatic rings. The predicted molar refractivity (Wildman–Crippen MR) is 199 cm³/mol. The summed E-state index contributed by atoms with van der Waals surface area (Å²) in [6.07, 6.45) is 5.59. The van der Waals surface area contributed by atoms with Gasteiger partial charge in [-0.1, -0.05) is 80.4 Å². The van der Waals surface area contributed by atoms with Gasteiger partial charge < -0.3 is 14.7 Å². The number of benzene rings is 2. The number of hydrogen-bond acceptors (Lipinski definition) is 7. The van der Waals surface area contributed by atoms with Gasteiger partial charge in [-0.25, -0.2) is 9.78 Å². The number of amidine groups is 1. The summed E-state index contributed by atoms with van der Waals surface area (Å²) in [6.45, 7) is 15.9. The minimum Gasteiger partial charge on any atom is -0.477 e. The Morgan fingerprint density at radius 3 is 2.22 bits per heavy atom. The fourth-order valence-electron chi connectivity index (χ4n) is 7.95. The highest BCUT2D eigenvalue weighted by molar-refractivity contribution is 6.32. The van der Waals surface area contributed by atoms with E-state index >= 15 is 4.79 Å². The van der Waals surface area contributed by atoms with Crippen molar-refractivity contribution >= 4 is 35.1 Å². The van der Waals surface area contributed by atoms with Gasteiger partial charge in [0.15, 0.2) is 0 Å². The maximum Gasteiger partial charge on any atom is 0.326 e. The van der Waals surface area contributed by atoms with E-state index < -0.39 is 11.1 Å². The third-order valence-corrected chi connectivity index (χ3v) is 11.6. The number of likely N-dealkylation sites (tertiary alicyclic amines) is 2. The summed E-state index contributed by atoms with van der Waals surface area (Å²) in [7, 11) is 0. The van der Waals surface area contributed by atoms with Crippen molar-refractivity contribution < 1.29 is 14.6 Å². The van der Waals surface area contributed by atoms with E-state index in [4.69, 9.17) is 42.9 Å². The fourth-order valence-corrected chi connectivity index (χ4v) is 8.59. The molecule has 2 fully saturated rings. The van der Waals surface area contributed by atoms with Gasteiger partial charge in [0.1, 0.15) is 22.7 Å². The number of carbonyl (C=O) groups is 1. The molecule has 1 aromatic heterocycles. The van der Waals surface area contributed by atoms with Gasteiger partial charge in [0.25, 0.3) is 0 Å². The summed E-state index contributed by atoms with van der Waals surface area (Å²) in [5.74, 6) is 1.73. The van der Waals surface area contributed by atoms with E-state index in [9.17, 15) is 5.11 Å². The Labute approximate surface area is 306 Å². The second kappa shape index (κ2) is 14.4. The van der Waals surface area contributed by atoms with Crippen LogP contribution in [0.15, 0.2) is 59.7 Å². The number of carbonyl (C=O) groups excluding carboxylic acids is 1. The number of aliphatic hydroxyl groups excluding tert-OH is 1. The van der Waals surface area contributed by atoms with Crippen molar-refractivity contribution in [3.63, 3.8) is 0 Å². The minimum absolute atomic E-state index is 0.172. The number of aliphatic imine (C=N–C) groups is 1. The largest absolute Gasteiger partial charge is 0.477 e. The molecule has 0 spiro atoms. The number of halogens is 2. The normalized spacial score (nSPS) is 25.1. The van der Waals surface area contributed by atoms with E-state index in [1.54, 1.807) is 11.1 Å². The molecule has 3 aromatic rings. The van der Waals surface area contributed by atoms with Crippen molar-refractivity contribution in [1.29, 1.82) is 0 Å². The molecule has 3 aliphatic heterocycles. The summed E-state index contributed by atoms with van der Waals surface area (Å²) in [5, 5.41) is 10.9. The zero-order valence-corrected chi connectivity index (χ0v) is 31.6. The van der Waals surface area contributed by atoms with Crippen molar-refractivity contribution in [2.45, 2.75) is 89.8 Å². The molecule has 2 saturated heterocycles. The van der Waals surface area contributed by atoms with Gasteiger partial charge in [0, 0.05) is 59.5 Å². The fraction of sp³-hybridized carbons (Fsp3) is 0.538. The van der Waals surface area contributed by atoms with Crippen LogP contribution >= 0.6 is 23.2 Å². The predicted octanol–water partition coefficient (Wildman–Crippen LogP) is 7.66. The van der Waals surface area contributed by atoms with Crippen LogP contribution in [0.4, 0.5) is 4.79 Å². The standard InChI is InChI=1S/C39H50Cl2N6O3/c1-7-50-34-28(23-42-35(43-34)37(2,3)4)33-44-38(5,29-14-8-10-16-31(29)40)39(6,30-15-9-11-17-32(30)41)47(33)36(49)45-21-18-27(19-22-45)46-20-12-13-26(24-46)25-48/h8-11,14-17,23,26-27,48H,7,12-13,18-22,24-25H2,1-6H3. The van der Waals surface area contributed by atoms with E-state index in [1.807, 2.05) is 74.2 Å². The third-order valence-electron chi connectivity index (χ3n) is 10.9. The zero-order chi connectivity index (χ0) is 35.8. The smallest absolute Gasteiger partial charge is 0.326 e. The average Bonchev–Trinajstić information content (AvgIpc) is 3.35. The third kappa shape index (κ3) is 6.51. The molecule has 4 heterocycles. The number of aromatic nitrogens is 2. The molecule has 1 N–H and O–H groups in total. The molecule has 11 heteroatoms. The number of hydrogen-bond donors (Lipinski definition) is 1. The lowest BCUT2D eigenvalue weighted by atomic mass is 9.70. The molecule has 0 aliphatic carbocycles. The lowest BCUT2D eigenvalue weighted by Gasteiger charge is -2.48. The van der Waals surface area contributed by atoms with Crippen LogP contribution in [0.2, 0.25) is 10.0 Å². The van der Waals surface area contributed by atoms with Crippen LogP contribution in [0, 0.1) is 5.92 Å². The minimum atomic E-state index is -1.13. The Hall–Kier alpha value is -3.24. The van der Waals surface area contributed by atoms with Crippen molar-refractivity contribution in [2.75, 3.05) is 39.4 Å². The number of ether oxygens (including phenoxy) is 1. The molecule has 3 atom stereocenters. The number of piperidine rings is 2. The maximum absolute atomic E-state index is 15.3. The number of rotatable bonds is 7. The molecular weight excluding hydrogens is 671 g/mol. The van der Waals surface area contributed by atoms with E-state index in [0.29, 0.717) is 64.8 Å². The summed E-state index contributed by atoms with van der Waals surface area (Å²) < 4.78 is 6.19. The van der Waals surface area contributed by atoms with Crippen molar-refractivity contribution in [3.8, 4) is 5.88 Å². The first-order valence-corrected chi connectivity index (χ1v) is 18.6. The molecule has 0 bridgehead atoms. The van der Waals surface area contributed by atoms with Crippen LogP contribution in [0.1, 0.15) is 89.7 Å². The molecule has 6 rings (SSSR count).